The number of fused-ring (bicyclic) bond motifs is 2. The summed E-state index contributed by atoms with van der Waals surface area (Å²) in [6, 6.07) is 21.5. The molecule has 2 aromatic carbocycles. The smallest absolute Gasteiger partial charge is 0.262 e. The largest absolute Gasteiger partial charge is 0.486 e. The number of hydrogen-bond donors (Lipinski definition) is 1. The molecule has 0 aliphatic carbocycles. The molecule has 288 valence electrons. The zero-order valence-electron chi connectivity index (χ0n) is 31.1. The van der Waals surface area contributed by atoms with E-state index in [4.69, 9.17) is 14.2 Å². The lowest BCUT2D eigenvalue weighted by molar-refractivity contribution is -0.142. The van der Waals surface area contributed by atoms with Crippen LogP contribution in [0.3, 0.4) is 0 Å². The van der Waals surface area contributed by atoms with Gasteiger partial charge in [0.2, 0.25) is 11.8 Å². The number of carbonyl (C=O) groups excluding carboxylic acids is 1. The van der Waals surface area contributed by atoms with Crippen molar-refractivity contribution in [2.75, 3.05) is 46.5 Å². The molecule has 2 saturated heterocycles. The van der Waals surface area contributed by atoms with Gasteiger partial charge in [0.05, 0.1) is 30.3 Å². The molecule has 14 heteroatoms. The summed E-state index contributed by atoms with van der Waals surface area (Å²) in [7, 11) is 1.60. The Morgan fingerprint density at radius 1 is 0.964 bits per heavy atom. The molecule has 1 N–H and O–H groups in total. The van der Waals surface area contributed by atoms with E-state index < -0.39 is 5.60 Å². The third-order valence-electron chi connectivity index (χ3n) is 11.3. The average molecular weight is 774 g/mol. The number of rotatable bonds is 9. The zero-order valence-corrected chi connectivity index (χ0v) is 31.9. The highest BCUT2D eigenvalue weighted by molar-refractivity contribution is 7.15. The monoisotopic (exact) mass is 773 g/mol. The predicted molar refractivity (Wildman–Crippen MR) is 212 cm³/mol. The van der Waals surface area contributed by atoms with Crippen molar-refractivity contribution in [1.29, 1.82) is 0 Å². The van der Waals surface area contributed by atoms with Crippen LogP contribution in [0.25, 0.3) is 27.3 Å². The molecule has 56 heavy (non-hydrogen) atoms. The van der Waals surface area contributed by atoms with Crippen LogP contribution >= 0.6 is 11.3 Å². The number of amides is 1. The van der Waals surface area contributed by atoms with E-state index in [1.54, 1.807) is 30.7 Å². The Bertz CT molecular complexity index is 2400. The Morgan fingerprint density at radius 2 is 1.79 bits per heavy atom. The predicted octanol–water partition coefficient (Wildman–Crippen LogP) is 5.14. The number of nitrogens with zero attached hydrogens (tertiary/aromatic N) is 7. The lowest BCUT2D eigenvalue weighted by Gasteiger charge is -2.43. The van der Waals surface area contributed by atoms with Crippen LogP contribution in [0.15, 0.2) is 96.4 Å². The van der Waals surface area contributed by atoms with Crippen LogP contribution in [0.4, 0.5) is 0 Å². The van der Waals surface area contributed by atoms with Gasteiger partial charge in [-0.25, -0.2) is 15.0 Å². The Morgan fingerprint density at radius 3 is 2.57 bits per heavy atom. The fourth-order valence-corrected chi connectivity index (χ4v) is 9.21. The molecule has 3 aliphatic rings. The SMILES string of the molecule is COc1ccc(-c2ncc(CN3CC[C@@H](C(=O)N4CCC(O)(Cn5cnc6c(ccn6-c6ccc7c(c6)OCCO7)c5=O)CC4)[C@H](c4ccccc4)C3)s2)cn1. The van der Waals surface area contributed by atoms with Gasteiger partial charge in [-0.2, -0.15) is 0 Å². The van der Waals surface area contributed by atoms with Crippen LogP contribution in [-0.4, -0.2) is 97.0 Å². The van der Waals surface area contributed by atoms with Crippen LogP contribution in [0.2, 0.25) is 0 Å². The van der Waals surface area contributed by atoms with Crippen LogP contribution in [-0.2, 0) is 17.9 Å². The lowest BCUT2D eigenvalue weighted by atomic mass is 9.79. The maximum absolute atomic E-state index is 14.3. The molecule has 0 unspecified atom stereocenters. The van der Waals surface area contributed by atoms with Gasteiger partial charge >= 0.3 is 0 Å². The molecule has 0 saturated carbocycles. The van der Waals surface area contributed by atoms with Gasteiger partial charge in [-0.3, -0.25) is 19.1 Å². The first-order chi connectivity index (χ1) is 27.3. The van der Waals surface area contributed by atoms with Gasteiger partial charge in [0.1, 0.15) is 24.5 Å². The normalized spacial score (nSPS) is 19.6. The molecule has 0 radical (unpaired) electrons. The maximum atomic E-state index is 14.3. The fourth-order valence-electron chi connectivity index (χ4n) is 8.27. The third kappa shape index (κ3) is 7.15. The molecule has 6 aromatic rings. The van der Waals surface area contributed by atoms with E-state index in [0.29, 0.717) is 67.6 Å². The summed E-state index contributed by atoms with van der Waals surface area (Å²) in [5, 5.41) is 13.1. The topological polar surface area (TPSA) is 137 Å². The Hall–Kier alpha value is -5.57. The van der Waals surface area contributed by atoms with Crippen LogP contribution in [0.1, 0.15) is 35.6 Å². The molecule has 0 spiro atoms. The molecule has 7 heterocycles. The molecule has 2 atom stereocenters. The molecule has 13 nitrogen and oxygen atoms in total. The molecule has 4 aromatic heterocycles. The van der Waals surface area contributed by atoms with E-state index in [1.807, 2.05) is 70.4 Å². The maximum Gasteiger partial charge on any atom is 0.262 e. The van der Waals surface area contributed by atoms with Crippen molar-refractivity contribution in [3.8, 4) is 33.6 Å². The Kier molecular flexibility index (Phi) is 9.77. The summed E-state index contributed by atoms with van der Waals surface area (Å²) in [6.45, 7) is 4.25. The lowest BCUT2D eigenvalue weighted by Crippen LogP contribution is -2.53. The fraction of sp³-hybridized carbons (Fsp3) is 0.357. The first-order valence-electron chi connectivity index (χ1n) is 19.0. The molecule has 3 aliphatic heterocycles. The standard InChI is InChI=1S/C42H43N7O6S/c1-53-37-10-7-29(22-43-37)39-44-23-31(56-39)24-46-15-11-32(34(25-46)28-5-3-2-4-6-28)40(50)47-17-13-42(52,14-18-47)26-48-27-45-38-33(41(48)51)12-16-49(38)30-8-9-35-36(21-30)55-20-19-54-35/h2-10,12,16,21-23,27,32,34,52H,11,13-15,17-20,24-26H2,1H3/t32-,34+/m1/s1. The van der Waals surface area contributed by atoms with Crippen molar-refractivity contribution in [2.24, 2.45) is 5.92 Å². The van der Waals surface area contributed by atoms with Gasteiger partial charge in [0.15, 0.2) is 17.1 Å². The van der Waals surface area contributed by atoms with Crippen molar-refractivity contribution in [3.63, 3.8) is 0 Å². The molecule has 2 fully saturated rings. The molecule has 1 amide bonds. The minimum Gasteiger partial charge on any atom is -0.486 e. The van der Waals surface area contributed by atoms with Gasteiger partial charge in [-0.05, 0) is 55.6 Å². The highest BCUT2D eigenvalue weighted by Gasteiger charge is 2.41. The number of carbonyl (C=O) groups is 1. The molecular formula is C42H43N7O6S. The minimum atomic E-state index is -1.15. The first-order valence-corrected chi connectivity index (χ1v) is 19.9. The number of piperidine rings is 2. The van der Waals surface area contributed by atoms with Crippen LogP contribution < -0.4 is 19.8 Å². The first kappa shape index (κ1) is 36.1. The van der Waals surface area contributed by atoms with E-state index in [9.17, 15) is 14.7 Å². The van der Waals surface area contributed by atoms with Gasteiger partial charge in [0, 0.05) is 79.2 Å². The third-order valence-corrected chi connectivity index (χ3v) is 12.3. The second-order valence-corrected chi connectivity index (χ2v) is 16.0. The Labute approximate surface area is 327 Å². The molecular weight excluding hydrogens is 731 g/mol. The second kappa shape index (κ2) is 15.2. The van der Waals surface area contributed by atoms with E-state index in [1.165, 1.54) is 10.9 Å². The van der Waals surface area contributed by atoms with Crippen molar-refractivity contribution in [1.82, 2.24) is 33.9 Å². The average Bonchev–Trinajstić information content (AvgIpc) is 3.90. The van der Waals surface area contributed by atoms with Crippen molar-refractivity contribution in [2.45, 2.75) is 43.9 Å². The summed E-state index contributed by atoms with van der Waals surface area (Å²) in [5.74, 6) is 1.91. The number of aliphatic hydroxyl groups is 1. The molecule has 9 rings (SSSR count). The number of pyridine rings is 1. The quantitative estimate of drug-likeness (QED) is 0.210. The van der Waals surface area contributed by atoms with Gasteiger partial charge in [-0.15, -0.1) is 11.3 Å². The van der Waals surface area contributed by atoms with Crippen molar-refractivity contribution in [3.05, 3.63) is 112 Å². The summed E-state index contributed by atoms with van der Waals surface area (Å²) in [6.07, 6.45) is 8.52. The number of aromatic nitrogens is 5. The number of hydrogen-bond acceptors (Lipinski definition) is 11. The summed E-state index contributed by atoms with van der Waals surface area (Å²) >= 11 is 1.66. The minimum absolute atomic E-state index is 0.0299. The van der Waals surface area contributed by atoms with Crippen LogP contribution in [0.5, 0.6) is 17.4 Å². The van der Waals surface area contributed by atoms with E-state index in [0.717, 1.165) is 52.8 Å². The molecule has 0 bridgehead atoms. The summed E-state index contributed by atoms with van der Waals surface area (Å²) in [4.78, 5) is 47.1. The highest BCUT2D eigenvalue weighted by Crippen LogP contribution is 2.37. The van der Waals surface area contributed by atoms with Crippen molar-refractivity contribution < 1.29 is 24.1 Å². The zero-order chi connectivity index (χ0) is 38.2. The second-order valence-electron chi connectivity index (χ2n) is 14.8. The van der Waals surface area contributed by atoms with Gasteiger partial charge in [0.25, 0.3) is 5.56 Å². The number of benzene rings is 2. The summed E-state index contributed by atoms with van der Waals surface area (Å²) < 4.78 is 20.0. The number of thiazole rings is 1. The van der Waals surface area contributed by atoms with Crippen LogP contribution in [0, 0.1) is 5.92 Å². The Balaban J connectivity index is 0.853. The highest BCUT2D eigenvalue weighted by atomic mass is 32.1. The van der Waals surface area contributed by atoms with Crippen molar-refractivity contribution >= 4 is 28.3 Å². The van der Waals surface area contributed by atoms with E-state index in [-0.39, 0.29) is 29.8 Å². The van der Waals surface area contributed by atoms with Gasteiger partial charge < -0.3 is 28.8 Å². The van der Waals surface area contributed by atoms with E-state index in [2.05, 4.69) is 32.0 Å². The van der Waals surface area contributed by atoms with E-state index >= 15 is 0 Å². The number of likely N-dealkylation sites (tertiary alicyclic amines) is 2. The summed E-state index contributed by atoms with van der Waals surface area (Å²) in [5.41, 5.74) is 2.08. The van der Waals surface area contributed by atoms with Gasteiger partial charge in [-0.1, -0.05) is 30.3 Å². The number of ether oxygens (including phenoxy) is 3. The number of methoxy groups -OCH3 is 1.